The first-order chi connectivity index (χ1) is 7.95. The van der Waals surface area contributed by atoms with E-state index < -0.39 is 8.07 Å². The SMILES string of the molecule is C[Si](C)(C)CCCOC(=O)CCCCNC=O. The summed E-state index contributed by atoms with van der Waals surface area (Å²) in [5, 5.41) is 2.56. The molecule has 0 aliphatic rings. The van der Waals surface area contributed by atoms with E-state index in [1.807, 2.05) is 0 Å². The zero-order valence-electron chi connectivity index (χ0n) is 11.3. The molecule has 0 rings (SSSR count). The molecule has 0 saturated carbocycles. The fourth-order valence-electron chi connectivity index (χ4n) is 1.42. The summed E-state index contributed by atoms with van der Waals surface area (Å²) in [6, 6.07) is 1.20. The van der Waals surface area contributed by atoms with Crippen LogP contribution >= 0.6 is 0 Å². The molecule has 0 aliphatic heterocycles. The minimum absolute atomic E-state index is 0.119. The molecule has 0 aromatic heterocycles. The lowest BCUT2D eigenvalue weighted by molar-refractivity contribution is -0.143. The number of ether oxygens (including phenoxy) is 1. The highest BCUT2D eigenvalue weighted by Crippen LogP contribution is 2.11. The van der Waals surface area contributed by atoms with Crippen molar-refractivity contribution >= 4 is 20.5 Å². The van der Waals surface area contributed by atoms with Gasteiger partial charge in [0.15, 0.2) is 0 Å². The minimum atomic E-state index is -1.00. The quantitative estimate of drug-likeness (QED) is 0.283. The molecule has 0 saturated heterocycles. The van der Waals surface area contributed by atoms with Gasteiger partial charge in [-0.3, -0.25) is 9.59 Å². The average molecular weight is 259 g/mol. The topological polar surface area (TPSA) is 55.4 Å². The van der Waals surface area contributed by atoms with Crippen molar-refractivity contribution in [2.24, 2.45) is 0 Å². The molecule has 0 spiro atoms. The molecule has 17 heavy (non-hydrogen) atoms. The van der Waals surface area contributed by atoms with Crippen molar-refractivity contribution in [2.75, 3.05) is 13.2 Å². The van der Waals surface area contributed by atoms with Crippen molar-refractivity contribution < 1.29 is 14.3 Å². The Morgan fingerprint density at radius 1 is 1.24 bits per heavy atom. The normalized spacial score (nSPS) is 11.0. The lowest BCUT2D eigenvalue weighted by atomic mass is 10.2. The zero-order valence-corrected chi connectivity index (χ0v) is 12.3. The fourth-order valence-corrected chi connectivity index (χ4v) is 2.62. The number of unbranched alkanes of at least 4 members (excludes halogenated alkanes) is 1. The van der Waals surface area contributed by atoms with E-state index in [-0.39, 0.29) is 5.97 Å². The number of hydrogen-bond donors (Lipinski definition) is 1. The third-order valence-corrected chi connectivity index (χ3v) is 4.22. The molecule has 0 bridgehead atoms. The van der Waals surface area contributed by atoms with E-state index in [1.165, 1.54) is 6.04 Å². The summed E-state index contributed by atoms with van der Waals surface area (Å²) in [4.78, 5) is 21.3. The van der Waals surface area contributed by atoms with Gasteiger partial charge in [0.25, 0.3) is 0 Å². The maximum atomic E-state index is 11.3. The van der Waals surface area contributed by atoms with Crippen molar-refractivity contribution in [3.05, 3.63) is 0 Å². The summed E-state index contributed by atoms with van der Waals surface area (Å²) >= 11 is 0. The summed E-state index contributed by atoms with van der Waals surface area (Å²) in [5.74, 6) is -0.119. The van der Waals surface area contributed by atoms with E-state index in [2.05, 4.69) is 25.0 Å². The predicted octanol–water partition coefficient (Wildman–Crippen LogP) is 2.17. The number of nitrogens with one attached hydrogen (secondary N) is 1. The average Bonchev–Trinajstić information content (AvgIpc) is 2.23. The van der Waals surface area contributed by atoms with Crippen LogP contribution in [0.25, 0.3) is 0 Å². The van der Waals surface area contributed by atoms with Gasteiger partial charge in [0.05, 0.1) is 6.61 Å². The van der Waals surface area contributed by atoms with Gasteiger partial charge in [-0.05, 0) is 19.3 Å². The second-order valence-electron chi connectivity index (χ2n) is 5.41. The number of carbonyl (C=O) groups is 2. The number of rotatable bonds is 10. The Morgan fingerprint density at radius 2 is 1.94 bits per heavy atom. The number of hydrogen-bond acceptors (Lipinski definition) is 3. The standard InChI is InChI=1S/C12H25NO3Si/c1-17(2,3)10-6-9-16-12(15)7-4-5-8-13-11-14/h11H,4-10H2,1-3H3,(H,13,14). The van der Waals surface area contributed by atoms with Gasteiger partial charge in [-0.2, -0.15) is 0 Å². The second-order valence-corrected chi connectivity index (χ2v) is 11.0. The Bertz CT molecular complexity index is 226. The largest absolute Gasteiger partial charge is 0.466 e. The van der Waals surface area contributed by atoms with E-state index in [1.54, 1.807) is 0 Å². The fraction of sp³-hybridized carbons (Fsp3) is 0.833. The van der Waals surface area contributed by atoms with Crippen LogP contribution in [-0.4, -0.2) is 33.6 Å². The molecule has 0 aliphatic carbocycles. The minimum Gasteiger partial charge on any atom is -0.466 e. The van der Waals surface area contributed by atoms with Gasteiger partial charge >= 0.3 is 5.97 Å². The Balaban J connectivity index is 3.32. The van der Waals surface area contributed by atoms with Crippen LogP contribution in [-0.2, 0) is 14.3 Å². The first kappa shape index (κ1) is 16.2. The summed E-state index contributed by atoms with van der Waals surface area (Å²) in [5.41, 5.74) is 0. The third kappa shape index (κ3) is 13.1. The van der Waals surface area contributed by atoms with Gasteiger partial charge in [-0.15, -0.1) is 0 Å². The van der Waals surface area contributed by atoms with Crippen LogP contribution < -0.4 is 5.32 Å². The highest BCUT2D eigenvalue weighted by atomic mass is 28.3. The van der Waals surface area contributed by atoms with Crippen LogP contribution in [0.4, 0.5) is 0 Å². The molecule has 0 unspecified atom stereocenters. The van der Waals surface area contributed by atoms with Crippen molar-refractivity contribution in [1.82, 2.24) is 5.32 Å². The predicted molar refractivity (Wildman–Crippen MR) is 71.6 cm³/mol. The van der Waals surface area contributed by atoms with E-state index in [9.17, 15) is 9.59 Å². The Labute approximate surface area is 105 Å². The van der Waals surface area contributed by atoms with E-state index in [4.69, 9.17) is 4.74 Å². The molecule has 5 heteroatoms. The Hall–Kier alpha value is -0.843. The number of amides is 1. The Morgan fingerprint density at radius 3 is 2.53 bits per heavy atom. The third-order valence-electron chi connectivity index (χ3n) is 2.37. The van der Waals surface area contributed by atoms with Crippen molar-refractivity contribution in [1.29, 1.82) is 0 Å². The summed E-state index contributed by atoms with van der Waals surface area (Å²) in [7, 11) is -1.00. The second kappa shape index (κ2) is 9.21. The molecule has 4 nitrogen and oxygen atoms in total. The van der Waals surface area contributed by atoms with Crippen molar-refractivity contribution in [2.45, 2.75) is 51.4 Å². The monoisotopic (exact) mass is 259 g/mol. The van der Waals surface area contributed by atoms with Gasteiger partial charge in [0, 0.05) is 21.0 Å². The van der Waals surface area contributed by atoms with Crippen LogP contribution in [0, 0.1) is 0 Å². The maximum absolute atomic E-state index is 11.3. The molecule has 0 aromatic carbocycles. The molecular formula is C12H25NO3Si. The molecule has 1 N–H and O–H groups in total. The van der Waals surface area contributed by atoms with Gasteiger partial charge < -0.3 is 10.1 Å². The van der Waals surface area contributed by atoms with Gasteiger partial charge in [-0.1, -0.05) is 25.7 Å². The van der Waals surface area contributed by atoms with Gasteiger partial charge in [-0.25, -0.2) is 0 Å². The molecule has 0 heterocycles. The molecule has 0 aromatic rings. The van der Waals surface area contributed by atoms with Crippen molar-refractivity contribution in [3.8, 4) is 0 Å². The van der Waals surface area contributed by atoms with Crippen LogP contribution in [0.1, 0.15) is 25.7 Å². The summed E-state index contributed by atoms with van der Waals surface area (Å²) in [6.07, 6.45) is 3.70. The first-order valence-corrected chi connectivity index (χ1v) is 9.99. The molecule has 0 atom stereocenters. The maximum Gasteiger partial charge on any atom is 0.305 e. The smallest absolute Gasteiger partial charge is 0.305 e. The summed E-state index contributed by atoms with van der Waals surface area (Å²) < 4.78 is 5.14. The van der Waals surface area contributed by atoms with Gasteiger partial charge in [0.1, 0.15) is 0 Å². The molecule has 1 amide bonds. The number of carbonyl (C=O) groups excluding carboxylic acids is 2. The van der Waals surface area contributed by atoms with E-state index in [0.29, 0.717) is 26.0 Å². The molecule has 100 valence electrons. The molecule has 0 fully saturated rings. The summed E-state index contributed by atoms with van der Waals surface area (Å²) in [6.45, 7) is 8.13. The lowest BCUT2D eigenvalue weighted by Gasteiger charge is -2.15. The highest BCUT2D eigenvalue weighted by molar-refractivity contribution is 6.76. The van der Waals surface area contributed by atoms with Crippen molar-refractivity contribution in [3.63, 3.8) is 0 Å². The van der Waals surface area contributed by atoms with Gasteiger partial charge in [0.2, 0.25) is 6.41 Å². The molecular weight excluding hydrogens is 234 g/mol. The molecule has 0 radical (unpaired) electrons. The zero-order chi connectivity index (χ0) is 13.1. The van der Waals surface area contributed by atoms with Crippen LogP contribution in [0.3, 0.4) is 0 Å². The first-order valence-electron chi connectivity index (χ1n) is 6.28. The van der Waals surface area contributed by atoms with Crippen LogP contribution in [0.2, 0.25) is 25.7 Å². The lowest BCUT2D eigenvalue weighted by Crippen LogP contribution is -2.20. The number of esters is 1. The van der Waals surface area contributed by atoms with E-state index >= 15 is 0 Å². The van der Waals surface area contributed by atoms with Crippen LogP contribution in [0.5, 0.6) is 0 Å². The highest BCUT2D eigenvalue weighted by Gasteiger charge is 2.12. The van der Waals surface area contributed by atoms with Crippen LogP contribution in [0.15, 0.2) is 0 Å². The van der Waals surface area contributed by atoms with E-state index in [0.717, 1.165) is 19.3 Å². The Kier molecular flexibility index (Phi) is 8.76.